The van der Waals surface area contributed by atoms with Crippen LogP contribution in [-0.2, 0) is 9.59 Å². The third kappa shape index (κ3) is 7.18. The quantitative estimate of drug-likeness (QED) is 0.592. The van der Waals surface area contributed by atoms with E-state index in [-0.39, 0.29) is 29.6 Å². The number of piperidine rings is 1. The van der Waals surface area contributed by atoms with E-state index in [1.54, 1.807) is 12.1 Å². The van der Waals surface area contributed by atoms with Crippen molar-refractivity contribution in [3.63, 3.8) is 0 Å². The molecule has 0 saturated carbocycles. The molecule has 6 heteroatoms. The van der Waals surface area contributed by atoms with Gasteiger partial charge in [0.1, 0.15) is 0 Å². The Morgan fingerprint density at radius 2 is 1.69 bits per heavy atom. The monoisotopic (exact) mass is 401 g/mol. The standard InChI is InChI=1S/C23H35N3O3/c1-3-5-9-18(4-2)23(29)26-16-12-20(13-17-26)22(28)25-15-14-24-21(27)19-10-7-6-8-11-19/h6-8,10-11,18,20H,3-5,9,12-17H2,1-2H3,(H,24,27)(H,25,28)/t18-/m1/s1. The third-order valence-electron chi connectivity index (χ3n) is 5.67. The molecule has 1 aliphatic rings. The number of benzene rings is 1. The third-order valence-corrected chi connectivity index (χ3v) is 5.67. The van der Waals surface area contributed by atoms with Gasteiger partial charge in [-0.05, 0) is 37.8 Å². The predicted molar refractivity (Wildman–Crippen MR) is 114 cm³/mol. The van der Waals surface area contributed by atoms with E-state index in [9.17, 15) is 14.4 Å². The van der Waals surface area contributed by atoms with Crippen molar-refractivity contribution in [2.45, 2.75) is 52.4 Å². The van der Waals surface area contributed by atoms with Crippen LogP contribution in [0.1, 0.15) is 62.7 Å². The summed E-state index contributed by atoms with van der Waals surface area (Å²) in [5.41, 5.74) is 0.611. The summed E-state index contributed by atoms with van der Waals surface area (Å²) in [7, 11) is 0. The van der Waals surface area contributed by atoms with E-state index in [2.05, 4.69) is 24.5 Å². The number of unbranched alkanes of at least 4 members (excludes halogenated alkanes) is 1. The lowest BCUT2D eigenvalue weighted by Gasteiger charge is -2.33. The maximum absolute atomic E-state index is 12.7. The summed E-state index contributed by atoms with van der Waals surface area (Å²) in [5.74, 6) is 0.195. The fraction of sp³-hybridized carbons (Fsp3) is 0.609. The normalized spacial score (nSPS) is 15.6. The van der Waals surface area contributed by atoms with Crippen LogP contribution >= 0.6 is 0 Å². The molecule has 1 atom stereocenters. The molecule has 2 N–H and O–H groups in total. The molecule has 0 radical (unpaired) electrons. The van der Waals surface area contributed by atoms with Gasteiger partial charge in [0.05, 0.1) is 0 Å². The van der Waals surface area contributed by atoms with Crippen LogP contribution < -0.4 is 10.6 Å². The molecule has 0 aliphatic carbocycles. The molecule has 2 rings (SSSR count). The Morgan fingerprint density at radius 3 is 2.31 bits per heavy atom. The summed E-state index contributed by atoms with van der Waals surface area (Å²) in [6.45, 7) is 6.34. The Hall–Kier alpha value is -2.37. The highest BCUT2D eigenvalue weighted by molar-refractivity contribution is 5.94. The van der Waals surface area contributed by atoms with Crippen molar-refractivity contribution in [1.29, 1.82) is 0 Å². The molecule has 1 aliphatic heterocycles. The van der Waals surface area contributed by atoms with Crippen molar-refractivity contribution >= 4 is 17.7 Å². The largest absolute Gasteiger partial charge is 0.354 e. The second kappa shape index (κ2) is 12.2. The summed E-state index contributed by atoms with van der Waals surface area (Å²) in [5, 5.41) is 5.72. The van der Waals surface area contributed by atoms with Crippen molar-refractivity contribution in [2.24, 2.45) is 11.8 Å². The molecule has 0 spiro atoms. The van der Waals surface area contributed by atoms with E-state index in [4.69, 9.17) is 0 Å². The second-order valence-electron chi connectivity index (χ2n) is 7.76. The van der Waals surface area contributed by atoms with Crippen LogP contribution in [-0.4, -0.2) is 48.8 Å². The lowest BCUT2D eigenvalue weighted by molar-refractivity contribution is -0.139. The van der Waals surface area contributed by atoms with Gasteiger partial charge < -0.3 is 15.5 Å². The Bertz CT molecular complexity index is 655. The van der Waals surface area contributed by atoms with Crippen LogP contribution in [0.4, 0.5) is 0 Å². The average Bonchev–Trinajstić information content (AvgIpc) is 2.77. The Labute approximate surface area is 174 Å². The highest BCUT2D eigenvalue weighted by Gasteiger charge is 2.29. The number of rotatable bonds is 10. The number of nitrogens with one attached hydrogen (secondary N) is 2. The van der Waals surface area contributed by atoms with E-state index >= 15 is 0 Å². The average molecular weight is 402 g/mol. The molecule has 1 heterocycles. The zero-order valence-corrected chi connectivity index (χ0v) is 17.8. The maximum atomic E-state index is 12.7. The van der Waals surface area contributed by atoms with E-state index < -0.39 is 0 Å². The fourth-order valence-electron chi connectivity index (χ4n) is 3.77. The molecule has 0 unspecified atom stereocenters. The van der Waals surface area contributed by atoms with Crippen molar-refractivity contribution in [2.75, 3.05) is 26.2 Å². The Morgan fingerprint density at radius 1 is 1.03 bits per heavy atom. The Kier molecular flexibility index (Phi) is 9.68. The molecule has 1 fully saturated rings. The van der Waals surface area contributed by atoms with Crippen molar-refractivity contribution < 1.29 is 14.4 Å². The number of carbonyl (C=O) groups excluding carboxylic acids is 3. The summed E-state index contributed by atoms with van der Waals surface area (Å²) < 4.78 is 0. The molecule has 160 valence electrons. The van der Waals surface area contributed by atoms with Gasteiger partial charge >= 0.3 is 0 Å². The van der Waals surface area contributed by atoms with E-state index in [0.717, 1.165) is 25.7 Å². The van der Waals surface area contributed by atoms with Crippen molar-refractivity contribution in [1.82, 2.24) is 15.5 Å². The van der Waals surface area contributed by atoms with Crippen molar-refractivity contribution in [3.8, 4) is 0 Å². The van der Waals surface area contributed by atoms with Crippen LogP contribution in [0, 0.1) is 11.8 Å². The topological polar surface area (TPSA) is 78.5 Å². The van der Waals surface area contributed by atoms with E-state index in [1.807, 2.05) is 23.1 Å². The molecular formula is C23H35N3O3. The minimum Gasteiger partial charge on any atom is -0.354 e. The van der Waals surface area contributed by atoms with Crippen LogP contribution in [0.15, 0.2) is 30.3 Å². The molecule has 0 bridgehead atoms. The first-order chi connectivity index (χ1) is 14.1. The highest BCUT2D eigenvalue weighted by atomic mass is 16.2. The van der Waals surface area contributed by atoms with E-state index in [1.165, 1.54) is 0 Å². The van der Waals surface area contributed by atoms with Gasteiger partial charge in [0.25, 0.3) is 5.91 Å². The lowest BCUT2D eigenvalue weighted by atomic mass is 9.92. The minimum absolute atomic E-state index is 0.0177. The van der Waals surface area contributed by atoms with Crippen LogP contribution in [0.3, 0.4) is 0 Å². The van der Waals surface area contributed by atoms with Gasteiger partial charge in [0.2, 0.25) is 11.8 Å². The smallest absolute Gasteiger partial charge is 0.251 e. The highest BCUT2D eigenvalue weighted by Crippen LogP contribution is 2.22. The number of likely N-dealkylation sites (tertiary alicyclic amines) is 1. The van der Waals surface area contributed by atoms with Gasteiger partial charge in [-0.1, -0.05) is 44.9 Å². The molecule has 1 aromatic rings. The number of hydrogen-bond donors (Lipinski definition) is 2. The number of nitrogens with zero attached hydrogens (tertiary/aromatic N) is 1. The zero-order chi connectivity index (χ0) is 21.1. The maximum Gasteiger partial charge on any atom is 0.251 e. The molecule has 0 aromatic heterocycles. The van der Waals surface area contributed by atoms with Gasteiger partial charge in [-0.15, -0.1) is 0 Å². The first kappa shape index (κ1) is 22.9. The van der Waals surface area contributed by atoms with Gasteiger partial charge in [0, 0.05) is 43.6 Å². The fourth-order valence-corrected chi connectivity index (χ4v) is 3.77. The van der Waals surface area contributed by atoms with E-state index in [0.29, 0.717) is 44.6 Å². The lowest BCUT2D eigenvalue weighted by Crippen LogP contribution is -2.45. The van der Waals surface area contributed by atoms with Crippen LogP contribution in [0.25, 0.3) is 0 Å². The molecule has 3 amide bonds. The summed E-state index contributed by atoms with van der Waals surface area (Å²) in [6, 6.07) is 9.02. The molecular weight excluding hydrogens is 366 g/mol. The summed E-state index contributed by atoms with van der Waals surface area (Å²) in [6.07, 6.45) is 5.45. The number of amides is 3. The van der Waals surface area contributed by atoms with Crippen LogP contribution in [0.2, 0.25) is 0 Å². The predicted octanol–water partition coefficient (Wildman–Crippen LogP) is 2.99. The SMILES string of the molecule is CCCC[C@@H](CC)C(=O)N1CCC(C(=O)NCCNC(=O)c2ccccc2)CC1. The molecule has 1 aromatic carbocycles. The Balaban J connectivity index is 1.66. The second-order valence-corrected chi connectivity index (χ2v) is 7.76. The van der Waals surface area contributed by atoms with Gasteiger partial charge in [-0.3, -0.25) is 14.4 Å². The summed E-state index contributed by atoms with van der Waals surface area (Å²) >= 11 is 0. The first-order valence-corrected chi connectivity index (χ1v) is 11.0. The molecule has 6 nitrogen and oxygen atoms in total. The molecule has 29 heavy (non-hydrogen) atoms. The first-order valence-electron chi connectivity index (χ1n) is 11.0. The number of carbonyl (C=O) groups is 3. The minimum atomic E-state index is -0.139. The van der Waals surface area contributed by atoms with Gasteiger partial charge in [0.15, 0.2) is 0 Å². The summed E-state index contributed by atoms with van der Waals surface area (Å²) in [4.78, 5) is 39.0. The number of hydrogen-bond acceptors (Lipinski definition) is 3. The van der Waals surface area contributed by atoms with Gasteiger partial charge in [-0.2, -0.15) is 0 Å². The zero-order valence-electron chi connectivity index (χ0n) is 17.8. The molecule has 1 saturated heterocycles. The van der Waals surface area contributed by atoms with Crippen LogP contribution in [0.5, 0.6) is 0 Å². The van der Waals surface area contributed by atoms with Gasteiger partial charge in [-0.25, -0.2) is 0 Å². The van der Waals surface area contributed by atoms with Crippen molar-refractivity contribution in [3.05, 3.63) is 35.9 Å².